The average molecular weight is 211 g/mol. The molecule has 0 aromatic heterocycles. The van der Waals surface area contributed by atoms with Crippen LogP contribution in [-0.4, -0.2) is 54.4 Å². The first-order chi connectivity index (χ1) is 7.27. The lowest BCUT2D eigenvalue weighted by molar-refractivity contribution is 0.0146. The minimum absolute atomic E-state index is 0.566. The second-order valence-electron chi connectivity index (χ2n) is 4.23. The molecule has 1 atom stereocenters. The average Bonchev–Trinajstić information content (AvgIpc) is 2.30. The summed E-state index contributed by atoms with van der Waals surface area (Å²) in [5, 5.41) is 18.1. The lowest BCUT2D eigenvalue weighted by Crippen LogP contribution is -2.44. The molecule has 0 saturated carbocycles. The van der Waals surface area contributed by atoms with Crippen molar-refractivity contribution in [2.24, 2.45) is 0 Å². The molecule has 0 aromatic rings. The molecule has 1 fully saturated rings. The van der Waals surface area contributed by atoms with Crippen LogP contribution in [0.2, 0.25) is 0 Å². The summed E-state index contributed by atoms with van der Waals surface area (Å²) in [6, 6.07) is 0.566. The Morgan fingerprint density at radius 3 is 2.60 bits per heavy atom. The second kappa shape index (κ2) is 5.12. The fourth-order valence-corrected chi connectivity index (χ4v) is 2.35. The third kappa shape index (κ3) is 2.81. The Hall–Kier alpha value is -0.355. The monoisotopic (exact) mass is 211 g/mol. The molecule has 1 aliphatic carbocycles. The van der Waals surface area contributed by atoms with Crippen LogP contribution in [0, 0.1) is 0 Å². The molecule has 2 aliphatic rings. The van der Waals surface area contributed by atoms with Crippen LogP contribution in [0.1, 0.15) is 19.3 Å². The zero-order chi connectivity index (χ0) is 10.7. The van der Waals surface area contributed by atoms with Crippen molar-refractivity contribution in [1.82, 2.24) is 4.90 Å². The summed E-state index contributed by atoms with van der Waals surface area (Å²) in [5.41, 5.74) is 0.777. The van der Waals surface area contributed by atoms with E-state index in [2.05, 4.69) is 4.90 Å². The first-order valence-electron chi connectivity index (χ1n) is 5.64. The second-order valence-corrected chi connectivity index (χ2v) is 4.23. The Kier molecular flexibility index (Phi) is 3.80. The van der Waals surface area contributed by atoms with E-state index in [0.29, 0.717) is 6.04 Å². The Morgan fingerprint density at radius 1 is 1.33 bits per heavy atom. The van der Waals surface area contributed by atoms with Crippen LogP contribution in [0.4, 0.5) is 0 Å². The highest BCUT2D eigenvalue weighted by Crippen LogP contribution is 2.23. The molecule has 2 rings (SSSR count). The van der Waals surface area contributed by atoms with Crippen molar-refractivity contribution >= 4 is 7.12 Å². The number of allylic oxidation sites excluding steroid dienone is 1. The Morgan fingerprint density at radius 2 is 2.07 bits per heavy atom. The number of rotatable bonds is 2. The van der Waals surface area contributed by atoms with Gasteiger partial charge in [-0.1, -0.05) is 6.08 Å². The number of morpholine rings is 1. The smallest absolute Gasteiger partial charge is 0.423 e. The molecule has 2 N–H and O–H groups in total. The number of nitrogens with zero attached hydrogens (tertiary/aromatic N) is 1. The van der Waals surface area contributed by atoms with E-state index in [4.69, 9.17) is 14.8 Å². The van der Waals surface area contributed by atoms with Crippen LogP contribution in [-0.2, 0) is 4.74 Å². The van der Waals surface area contributed by atoms with Crippen molar-refractivity contribution in [3.05, 3.63) is 11.5 Å². The molecule has 1 saturated heterocycles. The lowest BCUT2D eigenvalue weighted by Gasteiger charge is -2.36. The van der Waals surface area contributed by atoms with Gasteiger partial charge in [0.15, 0.2) is 0 Å². The van der Waals surface area contributed by atoms with Crippen molar-refractivity contribution in [2.45, 2.75) is 25.3 Å². The van der Waals surface area contributed by atoms with Gasteiger partial charge in [0.05, 0.1) is 13.2 Å². The molecular weight excluding hydrogens is 193 g/mol. The van der Waals surface area contributed by atoms with Gasteiger partial charge in [-0.15, -0.1) is 0 Å². The number of ether oxygens (including phenoxy) is 1. The van der Waals surface area contributed by atoms with Crippen LogP contribution >= 0.6 is 0 Å². The van der Waals surface area contributed by atoms with E-state index in [0.717, 1.165) is 51.0 Å². The molecule has 15 heavy (non-hydrogen) atoms. The van der Waals surface area contributed by atoms with Gasteiger partial charge in [0.2, 0.25) is 0 Å². The van der Waals surface area contributed by atoms with E-state index in [1.54, 1.807) is 0 Å². The summed E-state index contributed by atoms with van der Waals surface area (Å²) in [6.07, 6.45) is 4.75. The lowest BCUT2D eigenvalue weighted by atomic mass is 9.72. The molecule has 4 nitrogen and oxygen atoms in total. The molecule has 0 radical (unpaired) electrons. The van der Waals surface area contributed by atoms with Crippen molar-refractivity contribution < 1.29 is 14.8 Å². The van der Waals surface area contributed by atoms with E-state index < -0.39 is 7.12 Å². The van der Waals surface area contributed by atoms with Crippen LogP contribution in [0.15, 0.2) is 11.5 Å². The van der Waals surface area contributed by atoms with Crippen molar-refractivity contribution in [3.8, 4) is 0 Å². The SMILES string of the molecule is OB(O)C1=CC[C@H](N2CCOCC2)CC1. The molecule has 1 heterocycles. The summed E-state index contributed by atoms with van der Waals surface area (Å²) >= 11 is 0. The summed E-state index contributed by atoms with van der Waals surface area (Å²) in [6.45, 7) is 3.68. The molecular formula is C10H18BNO3. The Balaban J connectivity index is 1.86. The third-order valence-corrected chi connectivity index (χ3v) is 3.31. The highest BCUT2D eigenvalue weighted by Gasteiger charge is 2.26. The van der Waals surface area contributed by atoms with Crippen LogP contribution < -0.4 is 0 Å². The highest BCUT2D eigenvalue weighted by atomic mass is 16.5. The van der Waals surface area contributed by atoms with Gasteiger partial charge in [-0.3, -0.25) is 4.90 Å². The van der Waals surface area contributed by atoms with Crippen LogP contribution in [0.3, 0.4) is 0 Å². The van der Waals surface area contributed by atoms with Gasteiger partial charge in [-0.25, -0.2) is 0 Å². The van der Waals surface area contributed by atoms with Crippen LogP contribution in [0.25, 0.3) is 0 Å². The van der Waals surface area contributed by atoms with E-state index >= 15 is 0 Å². The number of hydrogen-bond donors (Lipinski definition) is 2. The molecule has 84 valence electrons. The predicted octanol–water partition coefficient (Wildman–Crippen LogP) is -0.190. The topological polar surface area (TPSA) is 52.9 Å². The van der Waals surface area contributed by atoms with E-state index in [-0.39, 0.29) is 0 Å². The Labute approximate surface area is 90.7 Å². The summed E-state index contributed by atoms with van der Waals surface area (Å²) in [4.78, 5) is 2.44. The molecule has 0 unspecified atom stereocenters. The molecule has 0 amide bonds. The van der Waals surface area contributed by atoms with E-state index in [9.17, 15) is 0 Å². The van der Waals surface area contributed by atoms with E-state index in [1.807, 2.05) is 6.08 Å². The standard InChI is InChI=1S/C10H18BNO3/c13-11(14)9-1-3-10(4-2-9)12-5-7-15-8-6-12/h1,10,13-14H,2-8H2/t10-/m0/s1. The van der Waals surface area contributed by atoms with Gasteiger partial charge in [0.1, 0.15) is 0 Å². The normalized spacial score (nSPS) is 28.7. The minimum Gasteiger partial charge on any atom is -0.423 e. The van der Waals surface area contributed by atoms with Crippen molar-refractivity contribution in [1.29, 1.82) is 0 Å². The molecule has 1 aliphatic heterocycles. The fourth-order valence-electron chi connectivity index (χ4n) is 2.35. The zero-order valence-electron chi connectivity index (χ0n) is 8.93. The summed E-state index contributed by atoms with van der Waals surface area (Å²) in [7, 11) is -1.25. The van der Waals surface area contributed by atoms with Crippen molar-refractivity contribution in [3.63, 3.8) is 0 Å². The third-order valence-electron chi connectivity index (χ3n) is 3.31. The van der Waals surface area contributed by atoms with Gasteiger partial charge in [-0.05, 0) is 24.7 Å². The summed E-state index contributed by atoms with van der Waals surface area (Å²) in [5.74, 6) is 0. The van der Waals surface area contributed by atoms with Crippen molar-refractivity contribution in [2.75, 3.05) is 26.3 Å². The predicted molar refractivity (Wildman–Crippen MR) is 58.3 cm³/mol. The van der Waals surface area contributed by atoms with Gasteiger partial charge in [-0.2, -0.15) is 0 Å². The quantitative estimate of drug-likeness (QED) is 0.621. The van der Waals surface area contributed by atoms with Gasteiger partial charge < -0.3 is 14.8 Å². The molecule has 0 aromatic carbocycles. The molecule has 5 heteroatoms. The minimum atomic E-state index is -1.25. The van der Waals surface area contributed by atoms with Gasteiger partial charge in [0.25, 0.3) is 0 Å². The highest BCUT2D eigenvalue weighted by molar-refractivity contribution is 6.50. The maximum Gasteiger partial charge on any atom is 0.483 e. The first kappa shape index (κ1) is 11.1. The van der Waals surface area contributed by atoms with Gasteiger partial charge >= 0.3 is 7.12 Å². The van der Waals surface area contributed by atoms with E-state index in [1.165, 1.54) is 0 Å². The first-order valence-corrected chi connectivity index (χ1v) is 5.64. The number of hydrogen-bond acceptors (Lipinski definition) is 4. The maximum atomic E-state index is 9.03. The molecule has 0 bridgehead atoms. The largest absolute Gasteiger partial charge is 0.483 e. The molecule has 0 spiro atoms. The van der Waals surface area contributed by atoms with Crippen LogP contribution in [0.5, 0.6) is 0 Å². The summed E-state index contributed by atoms with van der Waals surface area (Å²) < 4.78 is 5.31. The maximum absolute atomic E-state index is 9.03. The zero-order valence-corrected chi connectivity index (χ0v) is 8.93. The Bertz CT molecular complexity index is 239. The van der Waals surface area contributed by atoms with Gasteiger partial charge in [0, 0.05) is 19.1 Å². The fraction of sp³-hybridized carbons (Fsp3) is 0.800.